The summed E-state index contributed by atoms with van der Waals surface area (Å²) < 4.78 is 5.67. The summed E-state index contributed by atoms with van der Waals surface area (Å²) in [4.78, 5) is 11.2. The molecule has 4 heteroatoms. The summed E-state index contributed by atoms with van der Waals surface area (Å²) in [6.45, 7) is 6.60. The van der Waals surface area contributed by atoms with Crippen LogP contribution < -0.4 is 11.1 Å². The fourth-order valence-corrected chi connectivity index (χ4v) is 2.12. The van der Waals surface area contributed by atoms with Crippen molar-refractivity contribution in [1.82, 2.24) is 5.32 Å². The van der Waals surface area contributed by atoms with Crippen LogP contribution in [0.3, 0.4) is 0 Å². The number of nitrogens with two attached hydrogens (primary N) is 1. The van der Waals surface area contributed by atoms with Gasteiger partial charge < -0.3 is 15.8 Å². The van der Waals surface area contributed by atoms with Crippen molar-refractivity contribution in [3.8, 4) is 0 Å². The van der Waals surface area contributed by atoms with Crippen LogP contribution in [0.1, 0.15) is 46.5 Å². The molecule has 0 aromatic rings. The molecular formula is C12H24N2O2. The van der Waals surface area contributed by atoms with Gasteiger partial charge in [-0.2, -0.15) is 0 Å². The Labute approximate surface area is 97.9 Å². The highest BCUT2D eigenvalue weighted by Gasteiger charge is 2.30. The average molecular weight is 228 g/mol. The van der Waals surface area contributed by atoms with E-state index in [0.29, 0.717) is 12.1 Å². The number of hydrogen-bond acceptors (Lipinski definition) is 3. The number of primary amides is 1. The van der Waals surface area contributed by atoms with Gasteiger partial charge in [0, 0.05) is 12.6 Å². The Hall–Kier alpha value is -0.610. The van der Waals surface area contributed by atoms with Gasteiger partial charge in [0.2, 0.25) is 5.91 Å². The van der Waals surface area contributed by atoms with E-state index in [1.165, 1.54) is 0 Å². The largest absolute Gasteiger partial charge is 0.378 e. The SMILES string of the molecule is CCCC1CC(NC(C)(C)C(N)=O)CCO1. The highest BCUT2D eigenvalue weighted by Crippen LogP contribution is 2.19. The molecule has 0 radical (unpaired) electrons. The predicted molar refractivity (Wildman–Crippen MR) is 64.1 cm³/mol. The molecular weight excluding hydrogens is 204 g/mol. The summed E-state index contributed by atoms with van der Waals surface area (Å²) >= 11 is 0. The normalized spacial score (nSPS) is 26.7. The third-order valence-corrected chi connectivity index (χ3v) is 3.16. The van der Waals surface area contributed by atoms with Gasteiger partial charge in [0.25, 0.3) is 0 Å². The maximum absolute atomic E-state index is 11.2. The first-order valence-electron chi connectivity index (χ1n) is 6.15. The van der Waals surface area contributed by atoms with E-state index in [-0.39, 0.29) is 5.91 Å². The molecule has 1 aliphatic heterocycles. The van der Waals surface area contributed by atoms with Crippen molar-refractivity contribution < 1.29 is 9.53 Å². The lowest BCUT2D eigenvalue weighted by Gasteiger charge is -2.35. The van der Waals surface area contributed by atoms with Gasteiger partial charge in [0.15, 0.2) is 0 Å². The lowest BCUT2D eigenvalue weighted by atomic mass is 9.96. The Morgan fingerprint density at radius 3 is 2.81 bits per heavy atom. The van der Waals surface area contributed by atoms with Gasteiger partial charge in [-0.1, -0.05) is 13.3 Å². The van der Waals surface area contributed by atoms with Crippen LogP contribution in [0.5, 0.6) is 0 Å². The van der Waals surface area contributed by atoms with E-state index in [4.69, 9.17) is 10.5 Å². The van der Waals surface area contributed by atoms with Crippen molar-refractivity contribution in [2.75, 3.05) is 6.61 Å². The van der Waals surface area contributed by atoms with Crippen LogP contribution >= 0.6 is 0 Å². The lowest BCUT2D eigenvalue weighted by molar-refractivity contribution is -0.124. The van der Waals surface area contributed by atoms with E-state index < -0.39 is 5.54 Å². The molecule has 0 aromatic carbocycles. The monoisotopic (exact) mass is 228 g/mol. The average Bonchev–Trinajstić information content (AvgIpc) is 2.17. The van der Waals surface area contributed by atoms with Gasteiger partial charge in [0.05, 0.1) is 11.6 Å². The summed E-state index contributed by atoms with van der Waals surface area (Å²) in [5, 5.41) is 3.33. The van der Waals surface area contributed by atoms with Gasteiger partial charge in [-0.05, 0) is 33.1 Å². The molecule has 2 atom stereocenters. The smallest absolute Gasteiger partial charge is 0.237 e. The first-order chi connectivity index (χ1) is 7.45. The van der Waals surface area contributed by atoms with Crippen LogP contribution in [0.25, 0.3) is 0 Å². The van der Waals surface area contributed by atoms with Crippen LogP contribution in [0.4, 0.5) is 0 Å². The van der Waals surface area contributed by atoms with Crippen molar-refractivity contribution in [3.63, 3.8) is 0 Å². The molecule has 16 heavy (non-hydrogen) atoms. The zero-order valence-corrected chi connectivity index (χ0v) is 10.6. The topological polar surface area (TPSA) is 64.3 Å². The van der Waals surface area contributed by atoms with E-state index in [2.05, 4.69) is 12.2 Å². The summed E-state index contributed by atoms with van der Waals surface area (Å²) in [5.74, 6) is -0.300. The van der Waals surface area contributed by atoms with Crippen LogP contribution in [0.15, 0.2) is 0 Å². The second kappa shape index (κ2) is 5.64. The first-order valence-corrected chi connectivity index (χ1v) is 6.15. The molecule has 0 aliphatic carbocycles. The second-order valence-corrected chi connectivity index (χ2v) is 5.14. The second-order valence-electron chi connectivity index (χ2n) is 5.14. The molecule has 4 nitrogen and oxygen atoms in total. The van der Waals surface area contributed by atoms with Crippen LogP contribution in [0, 0.1) is 0 Å². The molecule has 1 rings (SSSR count). The van der Waals surface area contributed by atoms with E-state index in [1.54, 1.807) is 0 Å². The summed E-state index contributed by atoms with van der Waals surface area (Å²) in [7, 11) is 0. The highest BCUT2D eigenvalue weighted by molar-refractivity contribution is 5.83. The number of ether oxygens (including phenoxy) is 1. The van der Waals surface area contributed by atoms with Crippen molar-refractivity contribution in [3.05, 3.63) is 0 Å². The van der Waals surface area contributed by atoms with Crippen LogP contribution in [0.2, 0.25) is 0 Å². The van der Waals surface area contributed by atoms with E-state index >= 15 is 0 Å². The van der Waals surface area contributed by atoms with Gasteiger partial charge in [-0.25, -0.2) is 0 Å². The molecule has 1 amide bonds. The molecule has 0 bridgehead atoms. The molecule has 1 aliphatic rings. The minimum atomic E-state index is -0.626. The highest BCUT2D eigenvalue weighted by atomic mass is 16.5. The quantitative estimate of drug-likeness (QED) is 0.743. The number of hydrogen-bond donors (Lipinski definition) is 2. The van der Waals surface area contributed by atoms with Crippen molar-refractivity contribution in [1.29, 1.82) is 0 Å². The number of carbonyl (C=O) groups is 1. The molecule has 1 heterocycles. The van der Waals surface area contributed by atoms with Crippen molar-refractivity contribution in [2.24, 2.45) is 5.73 Å². The zero-order valence-electron chi connectivity index (χ0n) is 10.6. The Morgan fingerprint density at radius 2 is 2.25 bits per heavy atom. The fraction of sp³-hybridized carbons (Fsp3) is 0.917. The number of rotatable bonds is 5. The lowest BCUT2D eigenvalue weighted by Crippen LogP contribution is -2.56. The number of nitrogens with one attached hydrogen (secondary N) is 1. The first kappa shape index (κ1) is 13.5. The van der Waals surface area contributed by atoms with E-state index in [0.717, 1.165) is 32.3 Å². The number of carbonyl (C=O) groups excluding carboxylic acids is 1. The Kier molecular flexibility index (Phi) is 4.74. The fourth-order valence-electron chi connectivity index (χ4n) is 2.12. The molecule has 0 saturated carbocycles. The molecule has 0 spiro atoms. The van der Waals surface area contributed by atoms with Gasteiger partial charge in [-0.3, -0.25) is 4.79 Å². The molecule has 0 aromatic heterocycles. The summed E-state index contributed by atoms with van der Waals surface area (Å²) in [6.07, 6.45) is 4.49. The van der Waals surface area contributed by atoms with Crippen molar-refractivity contribution in [2.45, 2.75) is 64.1 Å². The maximum atomic E-state index is 11.2. The van der Waals surface area contributed by atoms with E-state index in [9.17, 15) is 4.79 Å². The molecule has 3 N–H and O–H groups in total. The van der Waals surface area contributed by atoms with Gasteiger partial charge in [-0.15, -0.1) is 0 Å². The molecule has 2 unspecified atom stereocenters. The van der Waals surface area contributed by atoms with Crippen LogP contribution in [-0.2, 0) is 9.53 Å². The molecule has 1 fully saturated rings. The third-order valence-electron chi connectivity index (χ3n) is 3.16. The van der Waals surface area contributed by atoms with Gasteiger partial charge in [0.1, 0.15) is 0 Å². The Bertz CT molecular complexity index is 239. The maximum Gasteiger partial charge on any atom is 0.237 e. The summed E-state index contributed by atoms with van der Waals surface area (Å²) in [6, 6.07) is 0.341. The summed E-state index contributed by atoms with van der Waals surface area (Å²) in [5.41, 5.74) is 4.72. The van der Waals surface area contributed by atoms with Crippen molar-refractivity contribution >= 4 is 5.91 Å². The standard InChI is InChI=1S/C12H24N2O2/c1-4-5-10-8-9(6-7-16-10)14-12(2,3)11(13)15/h9-10,14H,4-8H2,1-3H3,(H2,13,15). The van der Waals surface area contributed by atoms with Crippen LogP contribution in [-0.4, -0.2) is 30.2 Å². The Morgan fingerprint density at radius 1 is 1.56 bits per heavy atom. The third kappa shape index (κ3) is 3.76. The Balaban J connectivity index is 2.45. The zero-order chi connectivity index (χ0) is 12.2. The molecule has 1 saturated heterocycles. The molecule has 94 valence electrons. The number of amides is 1. The van der Waals surface area contributed by atoms with E-state index in [1.807, 2.05) is 13.8 Å². The van der Waals surface area contributed by atoms with Gasteiger partial charge >= 0.3 is 0 Å². The predicted octanol–water partition coefficient (Wildman–Crippen LogP) is 1.19. The minimum Gasteiger partial charge on any atom is -0.378 e. The minimum absolute atomic E-state index is 0.300.